The van der Waals surface area contributed by atoms with E-state index >= 15 is 0 Å². The minimum Gasteiger partial charge on any atom is -0.493 e. The Morgan fingerprint density at radius 3 is 2.69 bits per heavy atom. The summed E-state index contributed by atoms with van der Waals surface area (Å²) in [6, 6.07) is 7.19. The van der Waals surface area contributed by atoms with E-state index in [1.54, 1.807) is 23.0 Å². The second kappa shape index (κ2) is 15.5. The molecule has 45 heavy (non-hydrogen) atoms. The summed E-state index contributed by atoms with van der Waals surface area (Å²) < 4.78 is 41.2. The van der Waals surface area contributed by atoms with Crippen LogP contribution in [0.3, 0.4) is 0 Å². The Morgan fingerprint density at radius 1 is 1.20 bits per heavy atom. The fourth-order valence-electron chi connectivity index (χ4n) is 5.43. The number of benzene rings is 1. The van der Waals surface area contributed by atoms with Crippen molar-refractivity contribution >= 4 is 27.9 Å². The van der Waals surface area contributed by atoms with Crippen LogP contribution in [0.2, 0.25) is 0 Å². The molecule has 1 atom stereocenters. The maximum atomic E-state index is 14.0. The first-order valence-electron chi connectivity index (χ1n) is 15.3. The molecule has 248 valence electrons. The number of methoxy groups -OCH3 is 1. The molecule has 0 radical (unpaired) electrons. The molecule has 0 spiro atoms. The monoisotopic (exact) mass is 647 g/mol. The summed E-state index contributed by atoms with van der Waals surface area (Å²) in [4.78, 5) is 39.8. The highest BCUT2D eigenvalue weighted by atomic mass is 32.2. The number of nitrogens with zero attached hydrogens (tertiary/aromatic N) is 4. The molecule has 1 aliphatic heterocycles. The van der Waals surface area contributed by atoms with Gasteiger partial charge < -0.3 is 25.4 Å². The van der Waals surface area contributed by atoms with Crippen LogP contribution in [0, 0.1) is 11.3 Å². The lowest BCUT2D eigenvalue weighted by atomic mass is 9.75. The maximum Gasteiger partial charge on any atom is 0.281 e. The summed E-state index contributed by atoms with van der Waals surface area (Å²) in [6.07, 6.45) is 6.78. The van der Waals surface area contributed by atoms with Crippen LogP contribution in [0.15, 0.2) is 36.7 Å². The lowest BCUT2D eigenvalue weighted by Gasteiger charge is -2.33. The molecule has 2 heterocycles. The number of fused-ring (bicyclic) bond motifs is 2. The van der Waals surface area contributed by atoms with Gasteiger partial charge in [-0.05, 0) is 48.9 Å². The van der Waals surface area contributed by atoms with Gasteiger partial charge in [-0.25, -0.2) is 0 Å². The summed E-state index contributed by atoms with van der Waals surface area (Å²) in [7, 11) is 0.570. The molecule has 1 saturated carbocycles. The van der Waals surface area contributed by atoms with Gasteiger partial charge in [-0.2, -0.15) is 22.1 Å². The highest BCUT2D eigenvalue weighted by Gasteiger charge is 2.43. The van der Waals surface area contributed by atoms with Gasteiger partial charge in [0.05, 0.1) is 19.1 Å². The zero-order chi connectivity index (χ0) is 32.5. The number of amides is 3. The third-order valence-corrected chi connectivity index (χ3v) is 10.0. The van der Waals surface area contributed by atoms with Crippen LogP contribution in [0.5, 0.6) is 11.5 Å². The zero-order valence-electron chi connectivity index (χ0n) is 26.3. The molecule has 0 saturated heterocycles. The molecule has 4 rings (SSSR count). The van der Waals surface area contributed by atoms with Crippen LogP contribution in [0.4, 0.5) is 0 Å². The molecule has 15 heteroatoms. The Kier molecular flexibility index (Phi) is 11.8. The SMILES string of the molecule is COc1ccc2cc1OCC(=O)NCCN(S(=O)(=O)N(C)C)CCCC(=O)NCC(CC1CC1)(C(=O)NCCn1cccn1)C2. The molecule has 3 N–H and O–H groups in total. The van der Waals surface area contributed by atoms with Crippen molar-refractivity contribution in [1.82, 2.24) is 34.3 Å². The summed E-state index contributed by atoms with van der Waals surface area (Å²) in [6.45, 7) is 0.845. The van der Waals surface area contributed by atoms with E-state index in [1.807, 2.05) is 18.3 Å². The summed E-state index contributed by atoms with van der Waals surface area (Å²) >= 11 is 0. The minimum atomic E-state index is -3.79. The first-order chi connectivity index (χ1) is 21.5. The number of ether oxygens (including phenoxy) is 2. The third-order valence-electron chi connectivity index (χ3n) is 8.08. The maximum absolute atomic E-state index is 14.0. The summed E-state index contributed by atoms with van der Waals surface area (Å²) in [5.74, 6) is 0.261. The van der Waals surface area contributed by atoms with E-state index in [0.29, 0.717) is 43.3 Å². The van der Waals surface area contributed by atoms with Gasteiger partial charge in [0.2, 0.25) is 11.8 Å². The fourth-order valence-corrected chi connectivity index (χ4v) is 6.58. The molecule has 1 unspecified atom stereocenters. The van der Waals surface area contributed by atoms with Gasteiger partial charge in [0.1, 0.15) is 0 Å². The van der Waals surface area contributed by atoms with Gasteiger partial charge in [-0.1, -0.05) is 18.9 Å². The lowest BCUT2D eigenvalue weighted by molar-refractivity contribution is -0.132. The number of nitrogens with one attached hydrogen (secondary N) is 3. The van der Waals surface area contributed by atoms with Crippen molar-refractivity contribution in [1.29, 1.82) is 0 Å². The normalized spacial score (nSPS) is 21.2. The standard InChI is InChI=1S/C30H45N7O7S/c1-35(2)45(41,42)37-15-4-6-27(38)33-22-30(19-23-7-8-23,29(40)32-12-16-36-14-5-11-34-36)20-24-9-10-25(43-3)26(18-24)44-21-28(39)31-13-17-37/h5,9-11,14,18,23H,4,6-8,12-13,15-17,19-22H2,1-3H3,(H,31,39)(H,32,40)(H,33,38). The highest BCUT2D eigenvalue weighted by molar-refractivity contribution is 7.86. The van der Waals surface area contributed by atoms with Crippen molar-refractivity contribution in [2.75, 3.05) is 60.5 Å². The third kappa shape index (κ3) is 9.65. The van der Waals surface area contributed by atoms with Crippen LogP contribution in [-0.2, 0) is 37.6 Å². The fraction of sp³-hybridized carbons (Fsp3) is 0.600. The van der Waals surface area contributed by atoms with Gasteiger partial charge in [0, 0.05) is 65.6 Å². The Morgan fingerprint density at radius 2 is 2.00 bits per heavy atom. The number of aromatic nitrogens is 2. The van der Waals surface area contributed by atoms with Crippen molar-refractivity contribution in [3.05, 3.63) is 42.2 Å². The minimum absolute atomic E-state index is 0.0237. The van der Waals surface area contributed by atoms with E-state index in [4.69, 9.17) is 9.47 Å². The van der Waals surface area contributed by atoms with Crippen molar-refractivity contribution in [3.63, 3.8) is 0 Å². The van der Waals surface area contributed by atoms with Crippen molar-refractivity contribution in [2.45, 2.75) is 45.1 Å². The Hall–Kier alpha value is -3.69. The number of carbonyl (C=O) groups excluding carboxylic acids is 3. The largest absolute Gasteiger partial charge is 0.493 e. The first-order valence-corrected chi connectivity index (χ1v) is 16.7. The van der Waals surface area contributed by atoms with Crippen molar-refractivity contribution in [2.24, 2.45) is 11.3 Å². The van der Waals surface area contributed by atoms with E-state index in [-0.39, 0.29) is 57.4 Å². The average Bonchev–Trinajstić information content (AvgIpc) is 3.67. The van der Waals surface area contributed by atoms with E-state index in [9.17, 15) is 22.8 Å². The predicted octanol–water partition coefficient (Wildman–Crippen LogP) is 0.551. The molecule has 1 aromatic carbocycles. The molecule has 1 aliphatic carbocycles. The average molecular weight is 648 g/mol. The molecule has 2 bridgehead atoms. The molecule has 3 amide bonds. The molecule has 1 aromatic heterocycles. The van der Waals surface area contributed by atoms with E-state index in [2.05, 4.69) is 21.0 Å². The van der Waals surface area contributed by atoms with Crippen LogP contribution in [0.1, 0.15) is 37.7 Å². The van der Waals surface area contributed by atoms with Gasteiger partial charge in [0.25, 0.3) is 16.1 Å². The topological polar surface area (TPSA) is 164 Å². The van der Waals surface area contributed by atoms with Crippen molar-refractivity contribution in [3.8, 4) is 11.5 Å². The van der Waals surface area contributed by atoms with Crippen molar-refractivity contribution < 1.29 is 32.3 Å². The van der Waals surface area contributed by atoms with Gasteiger partial charge >= 0.3 is 0 Å². The molecular weight excluding hydrogens is 602 g/mol. The number of carbonyl (C=O) groups is 3. The van der Waals surface area contributed by atoms with Crippen LogP contribution in [0.25, 0.3) is 0 Å². The molecule has 1 fully saturated rings. The number of hydrogen-bond acceptors (Lipinski definition) is 8. The Balaban J connectivity index is 1.62. The van der Waals surface area contributed by atoms with Gasteiger partial charge in [-0.3, -0.25) is 19.1 Å². The Labute approximate surface area is 265 Å². The van der Waals surface area contributed by atoms with Crippen LogP contribution in [-0.4, -0.2) is 105 Å². The molecule has 2 aliphatic rings. The first kappa shape index (κ1) is 34.2. The molecular formula is C30H45N7O7S. The Bertz CT molecular complexity index is 1410. The lowest BCUT2D eigenvalue weighted by Crippen LogP contribution is -2.51. The zero-order valence-corrected chi connectivity index (χ0v) is 27.1. The second-order valence-electron chi connectivity index (χ2n) is 11.8. The quantitative estimate of drug-likeness (QED) is 0.355. The highest BCUT2D eigenvalue weighted by Crippen LogP contribution is 2.43. The number of hydrogen-bond donors (Lipinski definition) is 3. The van der Waals surface area contributed by atoms with Crippen LogP contribution >= 0.6 is 0 Å². The van der Waals surface area contributed by atoms with Gasteiger partial charge in [-0.15, -0.1) is 0 Å². The number of rotatable bonds is 9. The molecule has 14 nitrogen and oxygen atoms in total. The van der Waals surface area contributed by atoms with E-state index < -0.39 is 21.5 Å². The smallest absolute Gasteiger partial charge is 0.281 e. The summed E-state index contributed by atoms with van der Waals surface area (Å²) in [5, 5.41) is 13.0. The van der Waals surface area contributed by atoms with E-state index in [1.165, 1.54) is 25.5 Å². The van der Waals surface area contributed by atoms with Gasteiger partial charge in [0.15, 0.2) is 18.1 Å². The predicted molar refractivity (Wildman–Crippen MR) is 167 cm³/mol. The molecule has 2 aromatic rings. The summed E-state index contributed by atoms with van der Waals surface area (Å²) in [5.41, 5.74) is -0.162. The second-order valence-corrected chi connectivity index (χ2v) is 14.0. The van der Waals surface area contributed by atoms with E-state index in [0.717, 1.165) is 22.7 Å². The van der Waals surface area contributed by atoms with Crippen LogP contribution < -0.4 is 25.4 Å².